The molecule has 0 bridgehead atoms. The molecule has 1 saturated heterocycles. The molecule has 1 aliphatic rings. The predicted molar refractivity (Wildman–Crippen MR) is 85.7 cm³/mol. The summed E-state index contributed by atoms with van der Waals surface area (Å²) in [4.78, 5) is 2.46. The molecule has 1 aromatic heterocycles. The summed E-state index contributed by atoms with van der Waals surface area (Å²) in [6, 6.07) is 8.12. The Morgan fingerprint density at radius 1 is 1.24 bits per heavy atom. The van der Waals surface area contributed by atoms with E-state index in [2.05, 4.69) is 16.2 Å². The van der Waals surface area contributed by atoms with Gasteiger partial charge in [-0.05, 0) is 44.5 Å². The van der Waals surface area contributed by atoms with E-state index in [1.807, 2.05) is 35.1 Å². The molecule has 1 fully saturated rings. The van der Waals surface area contributed by atoms with Crippen LogP contribution in [0.2, 0.25) is 5.02 Å². The van der Waals surface area contributed by atoms with E-state index >= 15 is 0 Å². The number of halogens is 1. The lowest BCUT2D eigenvalue weighted by atomic mass is 10.1. The molecule has 5 heteroatoms. The first-order valence-electron chi connectivity index (χ1n) is 7.49. The first kappa shape index (κ1) is 14.6. The molecule has 0 amide bonds. The number of para-hydroxylation sites is 1. The van der Waals surface area contributed by atoms with Crippen LogP contribution < -0.4 is 5.73 Å². The van der Waals surface area contributed by atoms with E-state index in [1.165, 1.54) is 12.0 Å². The molecule has 1 aromatic carbocycles. The van der Waals surface area contributed by atoms with Gasteiger partial charge in [-0.2, -0.15) is 5.10 Å². The maximum absolute atomic E-state index is 6.21. The van der Waals surface area contributed by atoms with Gasteiger partial charge >= 0.3 is 0 Å². The second kappa shape index (κ2) is 6.60. The van der Waals surface area contributed by atoms with Crippen molar-refractivity contribution in [1.29, 1.82) is 0 Å². The van der Waals surface area contributed by atoms with Crippen LogP contribution in [0.4, 0.5) is 0 Å². The van der Waals surface area contributed by atoms with Crippen LogP contribution in [-0.2, 0) is 6.54 Å². The minimum atomic E-state index is 0.362. The maximum atomic E-state index is 6.21. The molecule has 0 radical (unpaired) electrons. The van der Waals surface area contributed by atoms with Gasteiger partial charge in [-0.25, -0.2) is 4.68 Å². The molecule has 3 rings (SSSR count). The lowest BCUT2D eigenvalue weighted by Gasteiger charge is -2.18. The number of rotatable bonds is 3. The number of aromatic nitrogens is 2. The summed E-state index contributed by atoms with van der Waals surface area (Å²) in [5.74, 6) is 0. The van der Waals surface area contributed by atoms with Crippen molar-refractivity contribution in [1.82, 2.24) is 14.7 Å². The Morgan fingerprint density at radius 3 is 2.95 bits per heavy atom. The van der Waals surface area contributed by atoms with Crippen LogP contribution >= 0.6 is 11.6 Å². The van der Waals surface area contributed by atoms with Gasteiger partial charge in [0, 0.05) is 24.3 Å². The minimum Gasteiger partial charge on any atom is -0.328 e. The largest absolute Gasteiger partial charge is 0.328 e. The van der Waals surface area contributed by atoms with Crippen molar-refractivity contribution in [3.05, 3.63) is 47.2 Å². The van der Waals surface area contributed by atoms with Gasteiger partial charge in [0.05, 0.1) is 16.9 Å². The highest BCUT2D eigenvalue weighted by Gasteiger charge is 2.15. The number of likely N-dealkylation sites (tertiary alicyclic amines) is 1. The molecule has 1 aliphatic heterocycles. The van der Waals surface area contributed by atoms with Gasteiger partial charge in [-0.15, -0.1) is 0 Å². The first-order chi connectivity index (χ1) is 10.2. The summed E-state index contributed by atoms with van der Waals surface area (Å²) in [5.41, 5.74) is 8.16. The SMILES string of the molecule is NC1CCCN(Cc2cnn(-c3ccccc3Cl)c2)CC1. The summed E-state index contributed by atoms with van der Waals surface area (Å²) >= 11 is 6.21. The molecule has 2 aromatic rings. The average molecular weight is 305 g/mol. The second-order valence-corrected chi connectivity index (χ2v) is 6.12. The Morgan fingerprint density at radius 2 is 2.10 bits per heavy atom. The van der Waals surface area contributed by atoms with Crippen molar-refractivity contribution in [2.45, 2.75) is 31.8 Å². The molecule has 0 spiro atoms. The average Bonchev–Trinajstić information content (AvgIpc) is 2.83. The molecule has 4 nitrogen and oxygen atoms in total. The summed E-state index contributed by atoms with van der Waals surface area (Å²) in [6.07, 6.45) is 7.38. The van der Waals surface area contributed by atoms with E-state index in [0.29, 0.717) is 11.1 Å². The standard InChI is InChI=1S/C16H21ClN4/c17-15-5-1-2-6-16(15)21-12-13(10-19-21)11-20-8-3-4-14(18)7-9-20/h1-2,5-6,10,12,14H,3-4,7-9,11,18H2. The van der Waals surface area contributed by atoms with E-state index in [0.717, 1.165) is 38.2 Å². The number of nitrogens with two attached hydrogens (primary N) is 1. The third-order valence-corrected chi connectivity index (χ3v) is 4.33. The van der Waals surface area contributed by atoms with Crippen LogP contribution in [0.5, 0.6) is 0 Å². The highest BCUT2D eigenvalue weighted by Crippen LogP contribution is 2.20. The fourth-order valence-electron chi connectivity index (χ4n) is 2.81. The fraction of sp³-hybridized carbons (Fsp3) is 0.438. The van der Waals surface area contributed by atoms with Crippen LogP contribution in [-0.4, -0.2) is 33.8 Å². The lowest BCUT2D eigenvalue weighted by molar-refractivity contribution is 0.276. The van der Waals surface area contributed by atoms with Gasteiger partial charge in [0.25, 0.3) is 0 Å². The highest BCUT2D eigenvalue weighted by atomic mass is 35.5. The second-order valence-electron chi connectivity index (χ2n) is 5.71. The number of benzene rings is 1. The van der Waals surface area contributed by atoms with Crippen LogP contribution in [0.25, 0.3) is 5.69 Å². The van der Waals surface area contributed by atoms with Gasteiger partial charge in [-0.1, -0.05) is 23.7 Å². The lowest BCUT2D eigenvalue weighted by Crippen LogP contribution is -2.26. The minimum absolute atomic E-state index is 0.362. The van der Waals surface area contributed by atoms with Crippen LogP contribution in [0.3, 0.4) is 0 Å². The Kier molecular flexibility index (Phi) is 4.58. The summed E-state index contributed by atoms with van der Waals surface area (Å²) in [7, 11) is 0. The Balaban J connectivity index is 1.69. The quantitative estimate of drug-likeness (QED) is 0.948. The van der Waals surface area contributed by atoms with Gasteiger partial charge < -0.3 is 5.73 Å². The molecule has 1 atom stereocenters. The van der Waals surface area contributed by atoms with E-state index in [9.17, 15) is 0 Å². The molecular formula is C16H21ClN4. The summed E-state index contributed by atoms with van der Waals surface area (Å²) in [5, 5.41) is 5.15. The molecule has 0 saturated carbocycles. The first-order valence-corrected chi connectivity index (χ1v) is 7.86. The van der Waals surface area contributed by atoms with Crippen molar-refractivity contribution >= 4 is 11.6 Å². The van der Waals surface area contributed by atoms with E-state index in [4.69, 9.17) is 17.3 Å². The van der Waals surface area contributed by atoms with Gasteiger partial charge in [0.2, 0.25) is 0 Å². The maximum Gasteiger partial charge on any atom is 0.0831 e. The Labute approximate surface area is 130 Å². The van der Waals surface area contributed by atoms with E-state index in [-0.39, 0.29) is 0 Å². The Bertz CT molecular complexity index is 595. The van der Waals surface area contributed by atoms with E-state index in [1.54, 1.807) is 0 Å². The third-order valence-electron chi connectivity index (χ3n) is 4.01. The van der Waals surface area contributed by atoms with Crippen molar-refractivity contribution < 1.29 is 0 Å². The Hall–Kier alpha value is -1.36. The number of nitrogens with zero attached hydrogens (tertiary/aromatic N) is 3. The van der Waals surface area contributed by atoms with Crippen molar-refractivity contribution in [2.75, 3.05) is 13.1 Å². The molecule has 2 N–H and O–H groups in total. The number of hydrogen-bond acceptors (Lipinski definition) is 3. The molecule has 21 heavy (non-hydrogen) atoms. The van der Waals surface area contributed by atoms with Crippen molar-refractivity contribution in [2.24, 2.45) is 5.73 Å². The van der Waals surface area contributed by atoms with Crippen LogP contribution in [0.1, 0.15) is 24.8 Å². The predicted octanol–water partition coefficient (Wildman–Crippen LogP) is 2.84. The molecule has 1 unspecified atom stereocenters. The smallest absolute Gasteiger partial charge is 0.0831 e. The van der Waals surface area contributed by atoms with Crippen molar-refractivity contribution in [3.8, 4) is 5.69 Å². The van der Waals surface area contributed by atoms with E-state index < -0.39 is 0 Å². The van der Waals surface area contributed by atoms with Gasteiger partial charge in [-0.3, -0.25) is 4.90 Å². The van der Waals surface area contributed by atoms with Gasteiger partial charge in [0.15, 0.2) is 0 Å². The molecule has 0 aliphatic carbocycles. The highest BCUT2D eigenvalue weighted by molar-refractivity contribution is 6.32. The summed E-state index contributed by atoms with van der Waals surface area (Å²) < 4.78 is 1.85. The topological polar surface area (TPSA) is 47.1 Å². The fourth-order valence-corrected chi connectivity index (χ4v) is 3.03. The zero-order chi connectivity index (χ0) is 14.7. The molecular weight excluding hydrogens is 284 g/mol. The monoisotopic (exact) mass is 304 g/mol. The normalized spacial score (nSPS) is 20.4. The zero-order valence-corrected chi connectivity index (χ0v) is 12.8. The zero-order valence-electron chi connectivity index (χ0n) is 12.1. The van der Waals surface area contributed by atoms with Crippen LogP contribution in [0, 0.1) is 0 Å². The molecule has 2 heterocycles. The number of hydrogen-bond donors (Lipinski definition) is 1. The van der Waals surface area contributed by atoms with Crippen LogP contribution in [0.15, 0.2) is 36.7 Å². The summed E-state index contributed by atoms with van der Waals surface area (Å²) in [6.45, 7) is 3.11. The van der Waals surface area contributed by atoms with Crippen molar-refractivity contribution in [3.63, 3.8) is 0 Å². The third kappa shape index (κ3) is 3.64. The van der Waals surface area contributed by atoms with Gasteiger partial charge in [0.1, 0.15) is 0 Å². The molecule has 112 valence electrons.